The fraction of sp³-hybridized carbons (Fsp3) is 0.714. The molecule has 3 N–H and O–H groups in total. The molecule has 0 aliphatic rings. The number of thioether (sulfide) groups is 1. The lowest BCUT2D eigenvalue weighted by Crippen LogP contribution is -2.41. The molecule has 4 nitrogen and oxygen atoms in total. The zero-order chi connectivity index (χ0) is 9.40. The summed E-state index contributed by atoms with van der Waals surface area (Å²) < 4.78 is 0. The number of nitrogens with one attached hydrogen (secondary N) is 1. The van der Waals surface area contributed by atoms with Crippen molar-refractivity contribution in [1.82, 2.24) is 5.32 Å². The van der Waals surface area contributed by atoms with E-state index in [1.54, 1.807) is 11.8 Å². The first-order valence-electron chi connectivity index (χ1n) is 3.68. The van der Waals surface area contributed by atoms with Crippen LogP contribution in [0, 0.1) is 0 Å². The average molecular weight is 190 g/mol. The zero-order valence-corrected chi connectivity index (χ0v) is 7.89. The van der Waals surface area contributed by atoms with Gasteiger partial charge in [-0.05, 0) is 18.4 Å². The van der Waals surface area contributed by atoms with Crippen LogP contribution in [-0.2, 0) is 9.59 Å². The van der Waals surface area contributed by atoms with Gasteiger partial charge in [-0.25, -0.2) is 0 Å². The molecular formula is C7H14N2O2S. The quantitative estimate of drug-likeness (QED) is 0.548. The Morgan fingerprint density at radius 3 is 2.92 bits per heavy atom. The lowest BCUT2D eigenvalue weighted by atomic mass is 10.2. The van der Waals surface area contributed by atoms with E-state index in [0.29, 0.717) is 12.7 Å². The van der Waals surface area contributed by atoms with Crippen molar-refractivity contribution in [2.75, 3.05) is 18.6 Å². The first-order chi connectivity index (χ1) is 5.72. The topological polar surface area (TPSA) is 72.2 Å². The molecule has 0 saturated carbocycles. The number of aldehydes is 1. The van der Waals surface area contributed by atoms with Gasteiger partial charge < -0.3 is 15.8 Å². The highest BCUT2D eigenvalue weighted by atomic mass is 32.2. The van der Waals surface area contributed by atoms with Gasteiger partial charge in [0.1, 0.15) is 6.29 Å². The number of carbonyl (C=O) groups excluding carboxylic acids is 2. The highest BCUT2D eigenvalue weighted by molar-refractivity contribution is 7.98. The Morgan fingerprint density at radius 1 is 1.75 bits per heavy atom. The molecule has 12 heavy (non-hydrogen) atoms. The molecule has 0 saturated heterocycles. The van der Waals surface area contributed by atoms with Crippen LogP contribution >= 0.6 is 11.8 Å². The maximum atomic E-state index is 11.0. The van der Waals surface area contributed by atoms with E-state index in [1.165, 1.54) is 0 Å². The second-order valence-corrected chi connectivity index (χ2v) is 3.29. The van der Waals surface area contributed by atoms with Crippen molar-refractivity contribution < 1.29 is 9.59 Å². The Hall–Kier alpha value is -0.550. The number of rotatable bonds is 6. The second kappa shape index (κ2) is 7.12. The maximum Gasteiger partial charge on any atom is 0.237 e. The average Bonchev–Trinajstić information content (AvgIpc) is 2.10. The van der Waals surface area contributed by atoms with Crippen LogP contribution in [0.1, 0.15) is 6.42 Å². The third-order valence-corrected chi connectivity index (χ3v) is 1.97. The Kier molecular flexibility index (Phi) is 6.79. The van der Waals surface area contributed by atoms with Crippen molar-refractivity contribution in [1.29, 1.82) is 0 Å². The molecule has 0 fully saturated rings. The second-order valence-electron chi connectivity index (χ2n) is 2.30. The largest absolute Gasteiger partial charge is 0.348 e. The normalized spacial score (nSPS) is 12.2. The van der Waals surface area contributed by atoms with Crippen molar-refractivity contribution in [3.8, 4) is 0 Å². The van der Waals surface area contributed by atoms with Crippen molar-refractivity contribution >= 4 is 24.0 Å². The van der Waals surface area contributed by atoms with Crippen molar-refractivity contribution in [2.45, 2.75) is 12.5 Å². The van der Waals surface area contributed by atoms with Gasteiger partial charge >= 0.3 is 0 Å². The van der Waals surface area contributed by atoms with E-state index in [9.17, 15) is 9.59 Å². The Morgan fingerprint density at radius 2 is 2.42 bits per heavy atom. The molecule has 0 rings (SSSR count). The molecule has 0 spiro atoms. The molecular weight excluding hydrogens is 176 g/mol. The summed E-state index contributed by atoms with van der Waals surface area (Å²) in [7, 11) is 0. The maximum absolute atomic E-state index is 11.0. The molecule has 1 atom stereocenters. The number of amides is 1. The summed E-state index contributed by atoms with van der Waals surface area (Å²) in [5.74, 6) is 0.603. The lowest BCUT2D eigenvalue weighted by molar-refractivity contribution is -0.123. The van der Waals surface area contributed by atoms with Gasteiger partial charge in [0, 0.05) is 0 Å². The van der Waals surface area contributed by atoms with Gasteiger partial charge in [-0.15, -0.1) is 0 Å². The minimum absolute atomic E-state index is 0.0474. The van der Waals surface area contributed by atoms with Crippen LogP contribution in [0.3, 0.4) is 0 Å². The van der Waals surface area contributed by atoms with Crippen molar-refractivity contribution in [2.24, 2.45) is 5.73 Å². The summed E-state index contributed by atoms with van der Waals surface area (Å²) in [6, 6.07) is -0.489. The van der Waals surface area contributed by atoms with Crippen LogP contribution in [0.4, 0.5) is 0 Å². The molecule has 0 aliphatic carbocycles. The van der Waals surface area contributed by atoms with Crippen molar-refractivity contribution in [3.63, 3.8) is 0 Å². The van der Waals surface area contributed by atoms with Gasteiger partial charge in [0.2, 0.25) is 5.91 Å². The van der Waals surface area contributed by atoms with Gasteiger partial charge in [-0.1, -0.05) is 0 Å². The van der Waals surface area contributed by atoms with E-state index in [4.69, 9.17) is 5.73 Å². The summed E-state index contributed by atoms with van der Waals surface area (Å²) >= 11 is 1.64. The molecule has 0 aromatic carbocycles. The SMILES string of the molecule is CSCC[C@H](N)C(=O)NCC=O. The lowest BCUT2D eigenvalue weighted by Gasteiger charge is -2.08. The Labute approximate surface area is 76.3 Å². The van der Waals surface area contributed by atoms with Crippen LogP contribution in [-0.4, -0.2) is 36.8 Å². The van der Waals surface area contributed by atoms with E-state index in [-0.39, 0.29) is 12.5 Å². The Balaban J connectivity index is 3.53. The van der Waals surface area contributed by atoms with Gasteiger partial charge in [-0.2, -0.15) is 11.8 Å². The van der Waals surface area contributed by atoms with Crippen LogP contribution in [0.2, 0.25) is 0 Å². The smallest absolute Gasteiger partial charge is 0.237 e. The van der Waals surface area contributed by atoms with Gasteiger partial charge in [0.15, 0.2) is 0 Å². The van der Waals surface area contributed by atoms with Gasteiger partial charge in [0.05, 0.1) is 12.6 Å². The summed E-state index contributed by atoms with van der Waals surface area (Å²) in [6.07, 6.45) is 3.24. The predicted octanol–water partition coefficient (Wildman–Crippen LogP) is -0.618. The fourth-order valence-electron chi connectivity index (χ4n) is 0.649. The van der Waals surface area contributed by atoms with E-state index < -0.39 is 6.04 Å². The standard InChI is InChI=1S/C7H14N2O2S/c1-12-5-2-6(8)7(11)9-3-4-10/h4,6H,2-3,5,8H2,1H3,(H,9,11)/t6-/m0/s1. The Bertz CT molecular complexity index is 152. The fourth-order valence-corrected chi connectivity index (χ4v) is 1.14. The van der Waals surface area contributed by atoms with E-state index in [1.807, 2.05) is 6.26 Å². The number of nitrogens with two attached hydrogens (primary N) is 1. The molecule has 0 aromatic heterocycles. The molecule has 70 valence electrons. The molecule has 5 heteroatoms. The van der Waals surface area contributed by atoms with Crippen LogP contribution in [0.25, 0.3) is 0 Å². The van der Waals surface area contributed by atoms with Crippen LogP contribution < -0.4 is 11.1 Å². The van der Waals surface area contributed by atoms with E-state index in [2.05, 4.69) is 5.32 Å². The summed E-state index contributed by atoms with van der Waals surface area (Å²) in [5, 5.41) is 2.40. The molecule has 0 aromatic rings. The summed E-state index contributed by atoms with van der Waals surface area (Å²) in [5.41, 5.74) is 5.50. The summed E-state index contributed by atoms with van der Waals surface area (Å²) in [6.45, 7) is 0.0474. The highest BCUT2D eigenvalue weighted by Crippen LogP contribution is 1.98. The molecule has 0 radical (unpaired) electrons. The van der Waals surface area contributed by atoms with E-state index in [0.717, 1.165) is 5.75 Å². The predicted molar refractivity (Wildman–Crippen MR) is 50.0 cm³/mol. The van der Waals surface area contributed by atoms with Gasteiger partial charge in [0.25, 0.3) is 0 Å². The van der Waals surface area contributed by atoms with Gasteiger partial charge in [-0.3, -0.25) is 4.79 Å². The molecule has 0 heterocycles. The third kappa shape index (κ3) is 5.15. The summed E-state index contributed by atoms with van der Waals surface area (Å²) in [4.78, 5) is 20.9. The first-order valence-corrected chi connectivity index (χ1v) is 5.07. The highest BCUT2D eigenvalue weighted by Gasteiger charge is 2.10. The number of hydrogen-bond donors (Lipinski definition) is 2. The minimum Gasteiger partial charge on any atom is -0.348 e. The minimum atomic E-state index is -0.489. The zero-order valence-electron chi connectivity index (χ0n) is 7.08. The molecule has 0 unspecified atom stereocenters. The first kappa shape index (κ1) is 11.4. The monoisotopic (exact) mass is 190 g/mol. The van der Waals surface area contributed by atoms with Crippen molar-refractivity contribution in [3.05, 3.63) is 0 Å². The number of carbonyl (C=O) groups is 2. The van der Waals surface area contributed by atoms with Crippen LogP contribution in [0.5, 0.6) is 0 Å². The molecule has 1 amide bonds. The third-order valence-electron chi connectivity index (χ3n) is 1.33. The number of hydrogen-bond acceptors (Lipinski definition) is 4. The molecule has 0 bridgehead atoms. The molecule has 0 aliphatic heterocycles. The van der Waals surface area contributed by atoms with Crippen LogP contribution in [0.15, 0.2) is 0 Å². The van der Waals surface area contributed by atoms with E-state index >= 15 is 0 Å².